The summed E-state index contributed by atoms with van der Waals surface area (Å²) in [5.74, 6) is -0.214. The number of rotatable bonds is 4. The summed E-state index contributed by atoms with van der Waals surface area (Å²) in [6.45, 7) is 4.56. The van der Waals surface area contributed by atoms with E-state index in [-0.39, 0.29) is 11.6 Å². The molecule has 1 atom stereocenters. The molecule has 4 rings (SSSR count). The Kier molecular flexibility index (Phi) is 6.82. The number of halogens is 3. The molecule has 3 aromatic rings. The first kappa shape index (κ1) is 24.3. The second kappa shape index (κ2) is 9.82. The Morgan fingerprint density at radius 1 is 0.943 bits per heavy atom. The molecule has 1 aliphatic heterocycles. The van der Waals surface area contributed by atoms with Crippen molar-refractivity contribution in [3.63, 3.8) is 0 Å². The number of carbonyl (C=O) groups excluding carboxylic acids is 2. The first-order valence-electron chi connectivity index (χ1n) is 11.4. The van der Waals surface area contributed by atoms with Gasteiger partial charge in [-0.1, -0.05) is 36.4 Å². The van der Waals surface area contributed by atoms with Gasteiger partial charge >= 0.3 is 12.2 Å². The highest BCUT2D eigenvalue weighted by Crippen LogP contribution is 2.33. The minimum absolute atomic E-state index is 0.207. The van der Waals surface area contributed by atoms with Gasteiger partial charge in [0, 0.05) is 17.9 Å². The molecule has 0 bridgehead atoms. The van der Waals surface area contributed by atoms with Crippen LogP contribution in [-0.4, -0.2) is 24.5 Å². The molecule has 8 heteroatoms. The molecule has 0 saturated carbocycles. The number of nitrogens with zero attached hydrogens (tertiary/aromatic N) is 1. The second-order valence-electron chi connectivity index (χ2n) is 8.61. The number of hydrogen-bond donors (Lipinski definition) is 2. The van der Waals surface area contributed by atoms with E-state index in [0.717, 1.165) is 40.1 Å². The number of carbonyl (C=O) groups is 2. The van der Waals surface area contributed by atoms with Crippen LogP contribution in [0, 0.1) is 13.8 Å². The Morgan fingerprint density at radius 3 is 2.29 bits per heavy atom. The van der Waals surface area contributed by atoms with E-state index in [4.69, 9.17) is 0 Å². The normalized spacial score (nSPS) is 16.2. The predicted octanol–water partition coefficient (Wildman–Crippen LogP) is 6.31. The predicted molar refractivity (Wildman–Crippen MR) is 130 cm³/mol. The van der Waals surface area contributed by atoms with Crippen molar-refractivity contribution in [1.29, 1.82) is 0 Å². The third-order valence-electron chi connectivity index (χ3n) is 6.35. The monoisotopic (exact) mass is 481 g/mol. The average Bonchev–Trinajstić information content (AvgIpc) is 2.83. The number of benzene rings is 3. The highest BCUT2D eigenvalue weighted by Gasteiger charge is 2.32. The van der Waals surface area contributed by atoms with Crippen LogP contribution in [0.2, 0.25) is 0 Å². The fraction of sp³-hybridized carbons (Fsp3) is 0.259. The molecule has 3 aromatic carbocycles. The van der Waals surface area contributed by atoms with Gasteiger partial charge in [-0.25, -0.2) is 4.79 Å². The first-order valence-corrected chi connectivity index (χ1v) is 11.4. The summed E-state index contributed by atoms with van der Waals surface area (Å²) >= 11 is 0. The van der Waals surface area contributed by atoms with Gasteiger partial charge in [0.1, 0.15) is 6.04 Å². The van der Waals surface area contributed by atoms with Gasteiger partial charge in [0.25, 0.3) is 0 Å². The van der Waals surface area contributed by atoms with Gasteiger partial charge in [0.05, 0.1) is 5.56 Å². The first-order chi connectivity index (χ1) is 16.6. The van der Waals surface area contributed by atoms with E-state index in [1.807, 2.05) is 56.3 Å². The minimum Gasteiger partial charge on any atom is -0.326 e. The van der Waals surface area contributed by atoms with Crippen LogP contribution in [0.4, 0.5) is 29.3 Å². The molecule has 0 aliphatic carbocycles. The molecule has 182 valence electrons. The molecule has 0 spiro atoms. The van der Waals surface area contributed by atoms with Gasteiger partial charge < -0.3 is 15.5 Å². The van der Waals surface area contributed by atoms with Gasteiger partial charge in [-0.2, -0.15) is 13.2 Å². The molecule has 3 amide bonds. The molecule has 1 heterocycles. The Bertz CT molecular complexity index is 1220. The molecule has 0 aromatic heterocycles. The molecule has 0 radical (unpaired) electrons. The lowest BCUT2D eigenvalue weighted by molar-refractivity contribution is -0.137. The number of hydrogen-bond acceptors (Lipinski definition) is 2. The van der Waals surface area contributed by atoms with Crippen molar-refractivity contribution in [2.45, 2.75) is 38.9 Å². The van der Waals surface area contributed by atoms with Crippen LogP contribution in [0.25, 0.3) is 11.1 Å². The van der Waals surface area contributed by atoms with Gasteiger partial charge in [0.2, 0.25) is 5.91 Å². The highest BCUT2D eigenvalue weighted by molar-refractivity contribution is 6.02. The van der Waals surface area contributed by atoms with Crippen molar-refractivity contribution in [2.24, 2.45) is 0 Å². The molecule has 5 nitrogen and oxygen atoms in total. The smallest absolute Gasteiger partial charge is 0.326 e. The van der Waals surface area contributed by atoms with E-state index in [1.54, 1.807) is 4.90 Å². The van der Waals surface area contributed by atoms with Gasteiger partial charge in [-0.15, -0.1) is 0 Å². The summed E-state index contributed by atoms with van der Waals surface area (Å²) < 4.78 is 38.2. The number of alkyl halides is 3. The SMILES string of the molecule is Cc1c(-c2ccccc2)ccc(N2CCCC(NC(=O)Nc3ccc(C(F)(F)F)cc3)C2=O)c1C. The van der Waals surface area contributed by atoms with E-state index in [2.05, 4.69) is 10.6 Å². The van der Waals surface area contributed by atoms with Gasteiger partial charge in [-0.05, 0) is 79.3 Å². The van der Waals surface area contributed by atoms with Gasteiger partial charge in [-0.3, -0.25) is 4.79 Å². The molecule has 1 fully saturated rings. The van der Waals surface area contributed by atoms with Crippen LogP contribution >= 0.6 is 0 Å². The second-order valence-corrected chi connectivity index (χ2v) is 8.61. The fourth-order valence-electron chi connectivity index (χ4n) is 4.35. The Labute approximate surface area is 202 Å². The fourth-order valence-corrected chi connectivity index (χ4v) is 4.35. The van der Waals surface area contributed by atoms with Crippen molar-refractivity contribution in [2.75, 3.05) is 16.8 Å². The topological polar surface area (TPSA) is 61.4 Å². The maximum atomic E-state index is 13.2. The number of piperidine rings is 1. The zero-order chi connectivity index (χ0) is 25.2. The average molecular weight is 482 g/mol. The largest absolute Gasteiger partial charge is 0.416 e. The van der Waals surface area contributed by atoms with Crippen molar-refractivity contribution >= 4 is 23.3 Å². The van der Waals surface area contributed by atoms with Crippen LogP contribution in [0.3, 0.4) is 0 Å². The minimum atomic E-state index is -4.45. The van der Waals surface area contributed by atoms with E-state index >= 15 is 0 Å². The number of anilines is 2. The summed E-state index contributed by atoms with van der Waals surface area (Å²) in [6, 6.07) is 16.7. The zero-order valence-corrected chi connectivity index (χ0v) is 19.4. The van der Waals surface area contributed by atoms with Crippen LogP contribution in [0.15, 0.2) is 66.7 Å². The maximum Gasteiger partial charge on any atom is 0.416 e. The van der Waals surface area contributed by atoms with Crippen LogP contribution in [-0.2, 0) is 11.0 Å². The summed E-state index contributed by atoms with van der Waals surface area (Å²) in [7, 11) is 0. The Balaban J connectivity index is 1.46. The zero-order valence-electron chi connectivity index (χ0n) is 19.4. The van der Waals surface area contributed by atoms with E-state index in [1.165, 1.54) is 12.1 Å². The number of urea groups is 1. The molecular formula is C27H26F3N3O2. The van der Waals surface area contributed by atoms with E-state index in [9.17, 15) is 22.8 Å². The third kappa shape index (κ3) is 5.31. The van der Waals surface area contributed by atoms with E-state index < -0.39 is 23.8 Å². The maximum absolute atomic E-state index is 13.2. The Hall–Kier alpha value is -3.81. The van der Waals surface area contributed by atoms with Crippen LogP contribution in [0.5, 0.6) is 0 Å². The lowest BCUT2D eigenvalue weighted by atomic mass is 9.94. The van der Waals surface area contributed by atoms with E-state index in [0.29, 0.717) is 19.4 Å². The Morgan fingerprint density at radius 2 is 1.63 bits per heavy atom. The number of amides is 3. The molecular weight excluding hydrogens is 455 g/mol. The number of nitrogens with one attached hydrogen (secondary N) is 2. The van der Waals surface area contributed by atoms with Crippen molar-refractivity contribution in [1.82, 2.24) is 5.32 Å². The lowest BCUT2D eigenvalue weighted by Gasteiger charge is -2.34. The van der Waals surface area contributed by atoms with Crippen LogP contribution < -0.4 is 15.5 Å². The standard InChI is InChI=1S/C27H26F3N3O2/c1-17-18(2)24(15-14-22(17)19-7-4-3-5-8-19)33-16-6-9-23(25(33)34)32-26(35)31-21-12-10-20(11-13-21)27(28,29)30/h3-5,7-8,10-15,23H,6,9,16H2,1-2H3,(H2,31,32,35). The quantitative estimate of drug-likeness (QED) is 0.459. The molecule has 2 N–H and O–H groups in total. The third-order valence-corrected chi connectivity index (χ3v) is 6.35. The molecule has 35 heavy (non-hydrogen) atoms. The van der Waals surface area contributed by atoms with Crippen molar-refractivity contribution in [3.8, 4) is 11.1 Å². The van der Waals surface area contributed by atoms with Gasteiger partial charge in [0.15, 0.2) is 0 Å². The summed E-state index contributed by atoms with van der Waals surface area (Å²) in [4.78, 5) is 27.4. The molecule has 1 aliphatic rings. The molecule has 1 saturated heterocycles. The lowest BCUT2D eigenvalue weighted by Crippen LogP contribution is -2.53. The summed E-state index contributed by atoms with van der Waals surface area (Å²) in [6.07, 6.45) is -3.26. The molecule has 1 unspecified atom stereocenters. The van der Waals surface area contributed by atoms with Crippen molar-refractivity contribution < 1.29 is 22.8 Å². The highest BCUT2D eigenvalue weighted by atomic mass is 19.4. The van der Waals surface area contributed by atoms with Crippen molar-refractivity contribution in [3.05, 3.63) is 83.4 Å². The van der Waals surface area contributed by atoms with Crippen LogP contribution in [0.1, 0.15) is 29.5 Å². The summed E-state index contributed by atoms with van der Waals surface area (Å²) in [5.41, 5.74) is 4.49. The summed E-state index contributed by atoms with van der Waals surface area (Å²) in [5, 5.41) is 5.17.